The first-order chi connectivity index (χ1) is 11.8. The van der Waals surface area contributed by atoms with Crippen LogP contribution in [0.3, 0.4) is 0 Å². The molecule has 0 fully saturated rings. The number of urea groups is 1. The number of aromatic carboxylic acids is 1. The lowest BCUT2D eigenvalue weighted by Crippen LogP contribution is -2.28. The van der Waals surface area contributed by atoms with E-state index in [4.69, 9.17) is 9.47 Å². The van der Waals surface area contributed by atoms with Crippen LogP contribution in [0, 0.1) is 0 Å². The number of nitrogens with two attached hydrogens (primary N) is 1. The molecule has 0 radical (unpaired) electrons. The lowest BCUT2D eigenvalue weighted by atomic mass is 10.0. The van der Waals surface area contributed by atoms with E-state index in [1.54, 1.807) is 18.2 Å². The van der Waals surface area contributed by atoms with Gasteiger partial charge in [0.1, 0.15) is 0 Å². The Balaban J connectivity index is 0.000000326. The first-order valence-electron chi connectivity index (χ1n) is 7.84. The van der Waals surface area contributed by atoms with Gasteiger partial charge in [-0.25, -0.2) is 9.59 Å². The molecule has 8 nitrogen and oxygen atoms in total. The minimum atomic E-state index is -0.962. The number of carboxylic acid groups (broad SMARTS) is 1. The highest BCUT2D eigenvalue weighted by atomic mass is 16.7. The number of carbonyl (C=O) groups excluding carboxylic acids is 1. The zero-order valence-corrected chi connectivity index (χ0v) is 14.3. The van der Waals surface area contributed by atoms with Crippen LogP contribution in [-0.2, 0) is 0 Å². The van der Waals surface area contributed by atoms with E-state index in [9.17, 15) is 14.7 Å². The number of aromatic nitrogens is 1. The smallest absolute Gasteiger partial charge is 0.337 e. The molecule has 1 aliphatic heterocycles. The van der Waals surface area contributed by atoms with Gasteiger partial charge in [-0.2, -0.15) is 0 Å². The van der Waals surface area contributed by atoms with Gasteiger partial charge in [0.2, 0.25) is 6.79 Å². The van der Waals surface area contributed by atoms with Crippen molar-refractivity contribution in [2.75, 3.05) is 13.3 Å². The van der Waals surface area contributed by atoms with Crippen molar-refractivity contribution in [3.8, 4) is 11.5 Å². The molecule has 25 heavy (non-hydrogen) atoms. The molecule has 0 saturated carbocycles. The minimum Gasteiger partial charge on any atom is -0.478 e. The second kappa shape index (κ2) is 7.69. The lowest BCUT2D eigenvalue weighted by molar-refractivity contribution is 0.0695. The van der Waals surface area contributed by atoms with E-state index in [-0.39, 0.29) is 18.3 Å². The van der Waals surface area contributed by atoms with E-state index in [1.165, 1.54) is 0 Å². The maximum absolute atomic E-state index is 11.3. The Morgan fingerprint density at radius 2 is 1.92 bits per heavy atom. The molecular formula is C17H21N3O5. The Kier molecular flexibility index (Phi) is 5.63. The third kappa shape index (κ3) is 4.28. The van der Waals surface area contributed by atoms with Gasteiger partial charge in [-0.15, -0.1) is 0 Å². The molecule has 3 rings (SSSR count). The first kappa shape index (κ1) is 18.3. The topological polar surface area (TPSA) is 124 Å². The standard InChI is InChI=1S/C14H13NO4.C3H8N2O/c1-7(2)13-9(14(16)17)3-8-4-11-12(19-6-18-11)5-10(8)15-13;1-2-5-3(4)6/h3-5,7H,6H2,1-2H3,(H,16,17);2H2,1H3,(H3,4,5,6). The number of ether oxygens (including phenoxy) is 2. The summed E-state index contributed by atoms with van der Waals surface area (Å²) in [5.41, 5.74) is 6.19. The van der Waals surface area contributed by atoms with Crippen LogP contribution in [0.2, 0.25) is 0 Å². The molecule has 2 heterocycles. The van der Waals surface area contributed by atoms with Crippen molar-refractivity contribution in [3.63, 3.8) is 0 Å². The van der Waals surface area contributed by atoms with E-state index >= 15 is 0 Å². The van der Waals surface area contributed by atoms with Gasteiger partial charge in [-0.3, -0.25) is 4.98 Å². The Labute approximate surface area is 144 Å². The van der Waals surface area contributed by atoms with Crippen molar-refractivity contribution in [3.05, 3.63) is 29.5 Å². The highest BCUT2D eigenvalue weighted by Gasteiger charge is 2.19. The summed E-state index contributed by atoms with van der Waals surface area (Å²) in [6.07, 6.45) is 0. The molecule has 0 spiro atoms. The summed E-state index contributed by atoms with van der Waals surface area (Å²) in [5, 5.41) is 12.4. The number of pyridine rings is 1. The second-order valence-corrected chi connectivity index (χ2v) is 5.67. The molecule has 0 unspecified atom stereocenters. The van der Waals surface area contributed by atoms with Crippen LogP contribution in [0.1, 0.15) is 42.7 Å². The molecule has 134 valence electrons. The predicted molar refractivity (Wildman–Crippen MR) is 92.2 cm³/mol. The number of carbonyl (C=O) groups is 2. The van der Waals surface area contributed by atoms with E-state index in [2.05, 4.69) is 16.0 Å². The Morgan fingerprint density at radius 3 is 2.40 bits per heavy atom. The van der Waals surface area contributed by atoms with E-state index < -0.39 is 12.0 Å². The number of primary amides is 1. The summed E-state index contributed by atoms with van der Waals surface area (Å²) in [5.74, 6) is 0.359. The molecule has 1 aromatic carbocycles. The maximum atomic E-state index is 11.3. The largest absolute Gasteiger partial charge is 0.478 e. The van der Waals surface area contributed by atoms with Crippen LogP contribution in [0.5, 0.6) is 11.5 Å². The van der Waals surface area contributed by atoms with Gasteiger partial charge >= 0.3 is 12.0 Å². The van der Waals surface area contributed by atoms with Crippen LogP contribution in [0.4, 0.5) is 4.79 Å². The number of hydrogen-bond acceptors (Lipinski definition) is 5. The zero-order valence-electron chi connectivity index (χ0n) is 14.3. The summed E-state index contributed by atoms with van der Waals surface area (Å²) in [6.45, 7) is 6.45. The molecule has 0 aliphatic carbocycles. The fourth-order valence-electron chi connectivity index (χ4n) is 2.36. The van der Waals surface area contributed by atoms with Crippen molar-refractivity contribution in [2.45, 2.75) is 26.7 Å². The molecule has 0 saturated heterocycles. The first-order valence-corrected chi connectivity index (χ1v) is 7.84. The fourth-order valence-corrected chi connectivity index (χ4v) is 2.36. The van der Waals surface area contributed by atoms with Crippen molar-refractivity contribution < 1.29 is 24.2 Å². The number of carboxylic acids is 1. The van der Waals surface area contributed by atoms with Crippen molar-refractivity contribution in [2.24, 2.45) is 5.73 Å². The molecule has 8 heteroatoms. The van der Waals surface area contributed by atoms with Crippen LogP contribution in [0.25, 0.3) is 10.9 Å². The highest BCUT2D eigenvalue weighted by Crippen LogP contribution is 2.36. The fraction of sp³-hybridized carbons (Fsp3) is 0.353. The summed E-state index contributed by atoms with van der Waals surface area (Å²) in [6, 6.07) is 4.73. The number of hydrogen-bond donors (Lipinski definition) is 3. The SMILES string of the molecule is CC(C)c1nc2cc3c(cc2cc1C(=O)O)OCO3.CCNC(N)=O. The van der Waals surface area contributed by atoms with Gasteiger partial charge in [0.15, 0.2) is 11.5 Å². The summed E-state index contributed by atoms with van der Waals surface area (Å²) < 4.78 is 10.6. The van der Waals surface area contributed by atoms with Crippen molar-refractivity contribution in [1.29, 1.82) is 0 Å². The molecule has 0 bridgehead atoms. The second-order valence-electron chi connectivity index (χ2n) is 5.67. The molecule has 0 atom stereocenters. The Hall–Kier alpha value is -3.03. The van der Waals surface area contributed by atoms with E-state index in [0.29, 0.717) is 23.7 Å². The summed E-state index contributed by atoms with van der Waals surface area (Å²) >= 11 is 0. The third-order valence-corrected chi connectivity index (χ3v) is 3.47. The summed E-state index contributed by atoms with van der Waals surface area (Å²) in [7, 11) is 0. The third-order valence-electron chi connectivity index (χ3n) is 3.47. The van der Waals surface area contributed by atoms with Crippen LogP contribution < -0.4 is 20.5 Å². The van der Waals surface area contributed by atoms with Crippen LogP contribution >= 0.6 is 0 Å². The van der Waals surface area contributed by atoms with Crippen LogP contribution in [0.15, 0.2) is 18.2 Å². The van der Waals surface area contributed by atoms with Gasteiger partial charge < -0.3 is 25.6 Å². The monoisotopic (exact) mass is 347 g/mol. The van der Waals surface area contributed by atoms with Gasteiger partial charge in [0, 0.05) is 18.0 Å². The van der Waals surface area contributed by atoms with E-state index in [1.807, 2.05) is 20.8 Å². The van der Waals surface area contributed by atoms with Gasteiger partial charge in [-0.05, 0) is 25.0 Å². The number of fused-ring (bicyclic) bond motifs is 2. The number of nitrogens with one attached hydrogen (secondary N) is 1. The Bertz CT molecular complexity index is 804. The molecular weight excluding hydrogens is 326 g/mol. The number of nitrogens with zero attached hydrogens (tertiary/aromatic N) is 1. The molecule has 1 aliphatic rings. The maximum Gasteiger partial charge on any atom is 0.337 e. The van der Waals surface area contributed by atoms with Crippen LogP contribution in [-0.4, -0.2) is 35.4 Å². The van der Waals surface area contributed by atoms with Gasteiger partial charge in [-0.1, -0.05) is 13.8 Å². The van der Waals surface area contributed by atoms with Crippen molar-refractivity contribution in [1.82, 2.24) is 10.3 Å². The number of rotatable bonds is 3. The zero-order chi connectivity index (χ0) is 18.6. The van der Waals surface area contributed by atoms with E-state index in [0.717, 1.165) is 10.9 Å². The molecule has 2 aromatic rings. The van der Waals surface area contributed by atoms with Gasteiger partial charge in [0.05, 0.1) is 16.8 Å². The number of amides is 2. The highest BCUT2D eigenvalue weighted by molar-refractivity contribution is 5.95. The average Bonchev–Trinajstić information content (AvgIpc) is 2.98. The molecule has 4 N–H and O–H groups in total. The predicted octanol–water partition coefficient (Wildman–Crippen LogP) is 2.46. The number of benzene rings is 1. The quantitative estimate of drug-likeness (QED) is 0.783. The Morgan fingerprint density at radius 1 is 1.28 bits per heavy atom. The normalized spacial score (nSPS) is 11.8. The lowest BCUT2D eigenvalue weighted by Gasteiger charge is -2.10. The molecule has 2 amide bonds. The molecule has 1 aromatic heterocycles. The van der Waals surface area contributed by atoms with Crippen molar-refractivity contribution >= 4 is 22.9 Å². The summed E-state index contributed by atoms with van der Waals surface area (Å²) in [4.78, 5) is 25.5. The minimum absolute atomic E-state index is 0.0425. The van der Waals surface area contributed by atoms with Gasteiger partial charge in [0.25, 0.3) is 0 Å². The average molecular weight is 347 g/mol.